The second kappa shape index (κ2) is 8.28. The summed E-state index contributed by atoms with van der Waals surface area (Å²) in [5.41, 5.74) is -0.388. The summed E-state index contributed by atoms with van der Waals surface area (Å²) in [7, 11) is -2.84. The average molecular weight is 480 g/mol. The van der Waals surface area contributed by atoms with Gasteiger partial charge in [0.05, 0.1) is 22.8 Å². The summed E-state index contributed by atoms with van der Waals surface area (Å²) in [5, 5.41) is 39.1. The van der Waals surface area contributed by atoms with Crippen molar-refractivity contribution in [3.05, 3.63) is 39.9 Å². The van der Waals surface area contributed by atoms with Gasteiger partial charge in [-0.05, 0) is 18.1 Å². The van der Waals surface area contributed by atoms with Gasteiger partial charge in [0, 0.05) is 17.5 Å². The zero-order valence-corrected chi connectivity index (χ0v) is 20.1. The predicted molar refractivity (Wildman–Crippen MR) is 118 cm³/mol. The molecule has 180 valence electrons. The molecule has 2 fully saturated rings. The number of nitro groups is 1. The van der Waals surface area contributed by atoms with Crippen LogP contribution in [0.15, 0.2) is 24.3 Å². The van der Waals surface area contributed by atoms with Crippen LogP contribution in [0, 0.1) is 22.0 Å². The summed E-state index contributed by atoms with van der Waals surface area (Å²) in [6.45, 7) is 9.30. The van der Waals surface area contributed by atoms with Crippen molar-refractivity contribution in [1.82, 2.24) is 10.6 Å². The van der Waals surface area contributed by atoms with Crippen molar-refractivity contribution in [3.8, 4) is 0 Å². The molecule has 4 N–H and O–H groups in total. The van der Waals surface area contributed by atoms with E-state index in [-0.39, 0.29) is 17.7 Å². The molecule has 11 nitrogen and oxygen atoms in total. The molecule has 0 radical (unpaired) electrons. The molecule has 0 spiro atoms. The number of para-hydroxylation sites is 1. The average Bonchev–Trinajstić information content (AvgIpc) is 2.98. The van der Waals surface area contributed by atoms with E-state index in [0.717, 1.165) is 0 Å². The smallest absolute Gasteiger partial charge is 0.272 e. The molecule has 1 aromatic rings. The molecule has 0 unspecified atom stereocenters. The number of aliphatic hydroxyl groups excluding tert-OH is 1. The maximum atomic E-state index is 12.8. The lowest BCUT2D eigenvalue weighted by atomic mass is 9.63. The van der Waals surface area contributed by atoms with Crippen molar-refractivity contribution < 1.29 is 33.9 Å². The lowest BCUT2D eigenvalue weighted by Gasteiger charge is -2.54. The molecule has 1 heterocycles. The second-order valence-electron chi connectivity index (χ2n) is 10.1. The van der Waals surface area contributed by atoms with Gasteiger partial charge in [-0.2, -0.15) is 0 Å². The molecular weight excluding hydrogens is 450 g/mol. The van der Waals surface area contributed by atoms with Crippen molar-refractivity contribution in [2.75, 3.05) is 0 Å². The van der Waals surface area contributed by atoms with E-state index in [4.69, 9.17) is 4.43 Å². The third-order valence-electron chi connectivity index (χ3n) is 7.16. The van der Waals surface area contributed by atoms with Crippen LogP contribution in [0.3, 0.4) is 0 Å². The van der Waals surface area contributed by atoms with Gasteiger partial charge >= 0.3 is 0 Å². The normalized spacial score (nSPS) is 32.2. The third-order valence-corrected chi connectivity index (χ3v) is 11.6. The first kappa shape index (κ1) is 25.0. The Hall–Kier alpha value is -2.67. The number of hydrogen-bond donors (Lipinski definition) is 4. The first-order valence-electron chi connectivity index (χ1n) is 10.6. The number of nitrogens with one attached hydrogen (secondary N) is 2. The summed E-state index contributed by atoms with van der Waals surface area (Å²) in [4.78, 5) is 48.1. The maximum Gasteiger partial charge on any atom is 0.272 e. The molecule has 6 atom stereocenters. The molecule has 12 heteroatoms. The molecule has 3 amide bonds. The van der Waals surface area contributed by atoms with Gasteiger partial charge in [-0.15, -0.1) is 0 Å². The van der Waals surface area contributed by atoms with Crippen LogP contribution >= 0.6 is 0 Å². The van der Waals surface area contributed by atoms with E-state index in [1.807, 2.05) is 33.9 Å². The Morgan fingerprint density at radius 2 is 1.76 bits per heavy atom. The van der Waals surface area contributed by atoms with Crippen molar-refractivity contribution in [2.45, 2.75) is 62.8 Å². The van der Waals surface area contributed by atoms with Crippen LogP contribution in [0.2, 0.25) is 18.1 Å². The first-order chi connectivity index (χ1) is 15.2. The molecule has 1 aromatic carbocycles. The van der Waals surface area contributed by atoms with Gasteiger partial charge in [0.2, 0.25) is 24.0 Å². The molecular formula is C21H29N3O8Si. The molecule has 1 aliphatic heterocycles. The van der Waals surface area contributed by atoms with E-state index in [1.165, 1.54) is 24.3 Å². The lowest BCUT2D eigenvalue weighted by Crippen LogP contribution is -2.72. The van der Waals surface area contributed by atoms with E-state index in [2.05, 4.69) is 10.6 Å². The monoisotopic (exact) mass is 479 g/mol. The van der Waals surface area contributed by atoms with Gasteiger partial charge in [-0.1, -0.05) is 39.0 Å². The summed E-state index contributed by atoms with van der Waals surface area (Å²) in [6.07, 6.45) is -1.61. The van der Waals surface area contributed by atoms with Gasteiger partial charge < -0.3 is 20.0 Å². The number of imide groups is 1. The summed E-state index contributed by atoms with van der Waals surface area (Å²) in [6, 6.07) is 4.06. The fraction of sp³-hybridized carbons (Fsp3) is 0.571. The number of nitro benzene ring substituents is 1. The number of nitrogens with zero attached hydrogens (tertiary/aromatic N) is 1. The van der Waals surface area contributed by atoms with Crippen LogP contribution in [-0.4, -0.2) is 59.6 Å². The standard InChI is InChI=1S/C21H29N3O8Si/c1-20(2,3)33(4,5)32-21(29)16(22-10-25)15-14(18(27)23-19(15)28)13(17(21)26)11-8-6-7-9-12(11)24(30)31/h6-10,13-17,26,29H,1-5H3,(H,22,25)(H,23,27,28)/t13-,14+,15+,16+,17+,21+/m1/s1. The highest BCUT2D eigenvalue weighted by Gasteiger charge is 2.68. The molecule has 0 bridgehead atoms. The van der Waals surface area contributed by atoms with Crippen LogP contribution < -0.4 is 10.6 Å². The van der Waals surface area contributed by atoms with Gasteiger partial charge in [-0.3, -0.25) is 29.8 Å². The summed E-state index contributed by atoms with van der Waals surface area (Å²) in [5.74, 6) is -7.94. The minimum absolute atomic E-state index is 0.0170. The minimum atomic E-state index is -2.84. The predicted octanol–water partition coefficient (Wildman–Crippen LogP) is 0.767. The van der Waals surface area contributed by atoms with Crippen molar-refractivity contribution in [3.63, 3.8) is 0 Å². The van der Waals surface area contributed by atoms with Crippen molar-refractivity contribution >= 4 is 32.2 Å². The van der Waals surface area contributed by atoms with Gasteiger partial charge in [0.1, 0.15) is 6.10 Å². The Kier molecular flexibility index (Phi) is 6.26. The fourth-order valence-corrected chi connectivity index (χ4v) is 5.91. The Morgan fingerprint density at radius 3 is 2.30 bits per heavy atom. The highest BCUT2D eigenvalue weighted by Crippen LogP contribution is 2.52. The SMILES string of the molecule is CC(C)(C)[Si](C)(C)O[C@]1(O)[C@@H](O)[C@H](c2ccccc2[N+](=O)[O-])[C@@H]2C(=O)NC(=O)[C@@H]2[C@@H]1NC=O. The van der Waals surface area contributed by atoms with E-state index in [0.29, 0.717) is 0 Å². The molecule has 1 saturated carbocycles. The number of amides is 3. The zero-order chi connectivity index (χ0) is 24.9. The second-order valence-corrected chi connectivity index (χ2v) is 14.8. The molecule has 33 heavy (non-hydrogen) atoms. The third kappa shape index (κ3) is 3.96. The topological polar surface area (TPSA) is 168 Å². The zero-order valence-electron chi connectivity index (χ0n) is 19.1. The lowest BCUT2D eigenvalue weighted by molar-refractivity contribution is -0.386. The number of hydrogen-bond acceptors (Lipinski definition) is 8. The van der Waals surface area contributed by atoms with E-state index < -0.39 is 65.8 Å². The first-order valence-corrected chi connectivity index (χ1v) is 13.5. The number of aliphatic hydroxyl groups is 2. The highest BCUT2D eigenvalue weighted by atomic mass is 28.4. The molecule has 1 aliphatic carbocycles. The van der Waals surface area contributed by atoms with Crippen molar-refractivity contribution in [1.29, 1.82) is 0 Å². The van der Waals surface area contributed by atoms with E-state index >= 15 is 0 Å². The number of benzene rings is 1. The Bertz CT molecular complexity index is 994. The minimum Gasteiger partial charge on any atom is -0.387 e. The van der Waals surface area contributed by atoms with Crippen LogP contribution in [0.25, 0.3) is 0 Å². The Labute approximate surface area is 191 Å². The van der Waals surface area contributed by atoms with Gasteiger partial charge in [0.15, 0.2) is 8.32 Å². The summed E-state index contributed by atoms with van der Waals surface area (Å²) < 4.78 is 6.21. The summed E-state index contributed by atoms with van der Waals surface area (Å²) >= 11 is 0. The van der Waals surface area contributed by atoms with Crippen LogP contribution in [-0.2, 0) is 18.8 Å². The Balaban J connectivity index is 2.26. The number of fused-ring (bicyclic) bond motifs is 1. The highest BCUT2D eigenvalue weighted by molar-refractivity contribution is 6.74. The number of rotatable bonds is 6. The molecule has 3 rings (SSSR count). The van der Waals surface area contributed by atoms with E-state index in [1.54, 1.807) is 0 Å². The fourth-order valence-electron chi connectivity index (χ4n) is 4.54. The molecule has 1 saturated heterocycles. The van der Waals surface area contributed by atoms with Gasteiger partial charge in [0.25, 0.3) is 5.69 Å². The number of carbonyl (C=O) groups is 3. The van der Waals surface area contributed by atoms with E-state index in [9.17, 15) is 34.7 Å². The van der Waals surface area contributed by atoms with Gasteiger partial charge in [-0.25, -0.2) is 0 Å². The van der Waals surface area contributed by atoms with Crippen LogP contribution in [0.4, 0.5) is 5.69 Å². The Morgan fingerprint density at radius 1 is 1.18 bits per heavy atom. The number of carbonyl (C=O) groups excluding carboxylic acids is 3. The van der Waals surface area contributed by atoms with Crippen molar-refractivity contribution in [2.24, 2.45) is 11.8 Å². The molecule has 2 aliphatic rings. The van der Waals surface area contributed by atoms with Crippen LogP contribution in [0.5, 0.6) is 0 Å². The maximum absolute atomic E-state index is 12.8. The quantitative estimate of drug-likeness (QED) is 0.116. The van der Waals surface area contributed by atoms with Crippen LogP contribution in [0.1, 0.15) is 32.3 Å². The largest absolute Gasteiger partial charge is 0.387 e. The molecule has 0 aromatic heterocycles.